The molecule has 2 aromatic rings. The van der Waals surface area contributed by atoms with Crippen molar-refractivity contribution in [1.82, 2.24) is 10.2 Å². The number of hydrogen-bond donors (Lipinski definition) is 2. The minimum Gasteiger partial charge on any atom is -0.366 e. The number of rotatable bonds is 3. The third-order valence-corrected chi connectivity index (χ3v) is 2.64. The molecule has 6 nitrogen and oxygen atoms in total. The summed E-state index contributed by atoms with van der Waals surface area (Å²) in [5, 5.41) is 9.16. The Balaban J connectivity index is 2.30. The molecular formula is C12H7ClF2N4O2. The average molecular weight is 313 g/mol. The Morgan fingerprint density at radius 3 is 2.43 bits per heavy atom. The third kappa shape index (κ3) is 3.29. The summed E-state index contributed by atoms with van der Waals surface area (Å²) in [5.41, 5.74) is 3.85. The van der Waals surface area contributed by atoms with E-state index in [1.54, 1.807) is 0 Å². The van der Waals surface area contributed by atoms with Crippen LogP contribution >= 0.6 is 11.6 Å². The van der Waals surface area contributed by atoms with Crippen LogP contribution in [0.15, 0.2) is 24.3 Å². The van der Waals surface area contributed by atoms with Gasteiger partial charge in [-0.15, -0.1) is 10.2 Å². The molecular weight excluding hydrogens is 306 g/mol. The zero-order chi connectivity index (χ0) is 15.6. The van der Waals surface area contributed by atoms with Gasteiger partial charge in [0.05, 0.1) is 11.3 Å². The van der Waals surface area contributed by atoms with Gasteiger partial charge in [0.2, 0.25) is 0 Å². The van der Waals surface area contributed by atoms with E-state index in [2.05, 4.69) is 15.5 Å². The van der Waals surface area contributed by atoms with Crippen LogP contribution in [0.3, 0.4) is 0 Å². The largest absolute Gasteiger partial charge is 0.366 e. The molecule has 0 bridgehead atoms. The monoisotopic (exact) mass is 312 g/mol. The highest BCUT2D eigenvalue weighted by atomic mass is 35.5. The maximum atomic E-state index is 13.6. The molecule has 1 aromatic heterocycles. The van der Waals surface area contributed by atoms with Crippen molar-refractivity contribution in [1.29, 1.82) is 0 Å². The maximum absolute atomic E-state index is 13.6. The molecule has 0 atom stereocenters. The predicted octanol–water partition coefficient (Wildman–Crippen LogP) is 1.76. The summed E-state index contributed by atoms with van der Waals surface area (Å²) in [5.74, 6) is -4.08. The van der Waals surface area contributed by atoms with Crippen molar-refractivity contribution < 1.29 is 18.4 Å². The Bertz CT molecular complexity index is 722. The predicted molar refractivity (Wildman–Crippen MR) is 69.9 cm³/mol. The van der Waals surface area contributed by atoms with Crippen LogP contribution in [0.1, 0.15) is 20.8 Å². The lowest BCUT2D eigenvalue weighted by molar-refractivity contribution is 0.0991. The zero-order valence-corrected chi connectivity index (χ0v) is 11.0. The van der Waals surface area contributed by atoms with E-state index in [0.29, 0.717) is 6.07 Å². The van der Waals surface area contributed by atoms with Crippen molar-refractivity contribution in [3.8, 4) is 0 Å². The second kappa shape index (κ2) is 5.80. The standard InChI is InChI=1S/C12H7ClF2N4O2/c13-10-2-1-8(18-19-10)12(21)17-9-3-5(11(16)20)6(14)4-7(9)15/h1-4H,(H2,16,20)(H,17,21). The number of carbonyl (C=O) groups is 2. The molecule has 0 aliphatic heterocycles. The molecule has 108 valence electrons. The Morgan fingerprint density at radius 2 is 1.86 bits per heavy atom. The fraction of sp³-hybridized carbons (Fsp3) is 0. The molecule has 2 amide bonds. The van der Waals surface area contributed by atoms with Crippen molar-refractivity contribution in [3.63, 3.8) is 0 Å². The highest BCUT2D eigenvalue weighted by Crippen LogP contribution is 2.20. The molecule has 1 heterocycles. The number of halogens is 3. The number of nitrogens with zero attached hydrogens (tertiary/aromatic N) is 2. The van der Waals surface area contributed by atoms with Gasteiger partial charge >= 0.3 is 0 Å². The molecule has 2 rings (SSSR count). The topological polar surface area (TPSA) is 98.0 Å². The number of carbonyl (C=O) groups excluding carboxylic acids is 2. The van der Waals surface area contributed by atoms with E-state index in [1.165, 1.54) is 12.1 Å². The lowest BCUT2D eigenvalue weighted by Crippen LogP contribution is -2.18. The van der Waals surface area contributed by atoms with Crippen molar-refractivity contribution in [2.24, 2.45) is 5.73 Å². The zero-order valence-electron chi connectivity index (χ0n) is 10.2. The van der Waals surface area contributed by atoms with Gasteiger partial charge in [-0.3, -0.25) is 9.59 Å². The Hall–Kier alpha value is -2.61. The number of nitrogens with one attached hydrogen (secondary N) is 1. The average Bonchev–Trinajstić information content (AvgIpc) is 2.42. The number of aromatic nitrogens is 2. The first-order valence-corrected chi connectivity index (χ1v) is 5.85. The van der Waals surface area contributed by atoms with Gasteiger partial charge in [0.15, 0.2) is 10.8 Å². The molecule has 21 heavy (non-hydrogen) atoms. The second-order valence-electron chi connectivity index (χ2n) is 3.87. The van der Waals surface area contributed by atoms with Gasteiger partial charge in [0.1, 0.15) is 11.6 Å². The highest BCUT2D eigenvalue weighted by molar-refractivity contribution is 6.29. The fourth-order valence-electron chi connectivity index (χ4n) is 1.46. The van der Waals surface area contributed by atoms with Gasteiger partial charge in [-0.1, -0.05) is 11.6 Å². The molecule has 1 aromatic carbocycles. The Morgan fingerprint density at radius 1 is 1.14 bits per heavy atom. The minimum atomic E-state index is -1.12. The van der Waals surface area contributed by atoms with Crippen molar-refractivity contribution >= 4 is 29.1 Å². The van der Waals surface area contributed by atoms with Crippen molar-refractivity contribution in [2.75, 3.05) is 5.32 Å². The van der Waals surface area contributed by atoms with E-state index in [1.807, 2.05) is 0 Å². The van der Waals surface area contributed by atoms with Crippen LogP contribution in [-0.2, 0) is 0 Å². The fourth-order valence-corrected chi connectivity index (χ4v) is 1.56. The molecule has 0 spiro atoms. The molecule has 0 unspecified atom stereocenters. The third-order valence-electron chi connectivity index (χ3n) is 2.44. The van der Waals surface area contributed by atoms with E-state index < -0.39 is 34.7 Å². The lowest BCUT2D eigenvalue weighted by Gasteiger charge is -2.08. The molecule has 0 radical (unpaired) electrons. The molecule has 0 aliphatic rings. The molecule has 0 saturated heterocycles. The number of nitrogens with two attached hydrogens (primary N) is 1. The highest BCUT2D eigenvalue weighted by Gasteiger charge is 2.16. The number of benzene rings is 1. The van der Waals surface area contributed by atoms with E-state index in [4.69, 9.17) is 17.3 Å². The summed E-state index contributed by atoms with van der Waals surface area (Å²) in [6.45, 7) is 0. The molecule has 3 N–H and O–H groups in total. The van der Waals surface area contributed by atoms with Crippen LogP contribution < -0.4 is 11.1 Å². The van der Waals surface area contributed by atoms with Gasteiger partial charge in [0.25, 0.3) is 11.8 Å². The van der Waals surface area contributed by atoms with Crippen LogP contribution in [0.25, 0.3) is 0 Å². The Kier molecular flexibility index (Phi) is 4.08. The van der Waals surface area contributed by atoms with Crippen LogP contribution in [0.4, 0.5) is 14.5 Å². The van der Waals surface area contributed by atoms with Gasteiger partial charge in [0, 0.05) is 6.07 Å². The minimum absolute atomic E-state index is 0.0792. The first kappa shape index (κ1) is 14.8. The van der Waals surface area contributed by atoms with Crippen LogP contribution in [0.2, 0.25) is 5.15 Å². The summed E-state index contributed by atoms with van der Waals surface area (Å²) in [6, 6.07) is 3.83. The summed E-state index contributed by atoms with van der Waals surface area (Å²) < 4.78 is 26.9. The summed E-state index contributed by atoms with van der Waals surface area (Å²) in [6.07, 6.45) is 0. The van der Waals surface area contributed by atoms with Gasteiger partial charge in [-0.2, -0.15) is 0 Å². The van der Waals surface area contributed by atoms with E-state index in [9.17, 15) is 18.4 Å². The number of hydrogen-bond acceptors (Lipinski definition) is 4. The Labute approximate surface area is 121 Å². The SMILES string of the molecule is NC(=O)c1cc(NC(=O)c2ccc(Cl)nn2)c(F)cc1F. The first-order chi connectivity index (χ1) is 9.88. The summed E-state index contributed by atoms with van der Waals surface area (Å²) in [7, 11) is 0. The van der Waals surface area contributed by atoms with Crippen LogP contribution in [0, 0.1) is 11.6 Å². The van der Waals surface area contributed by atoms with E-state index in [-0.39, 0.29) is 10.8 Å². The van der Waals surface area contributed by atoms with Gasteiger partial charge in [-0.25, -0.2) is 8.78 Å². The van der Waals surface area contributed by atoms with Gasteiger partial charge in [-0.05, 0) is 18.2 Å². The number of anilines is 1. The molecule has 0 saturated carbocycles. The summed E-state index contributed by atoms with van der Waals surface area (Å²) >= 11 is 5.52. The lowest BCUT2D eigenvalue weighted by atomic mass is 10.1. The van der Waals surface area contributed by atoms with E-state index in [0.717, 1.165) is 6.07 Å². The van der Waals surface area contributed by atoms with Crippen molar-refractivity contribution in [3.05, 3.63) is 52.3 Å². The van der Waals surface area contributed by atoms with Crippen LogP contribution in [-0.4, -0.2) is 22.0 Å². The normalized spacial score (nSPS) is 10.2. The molecule has 9 heteroatoms. The van der Waals surface area contributed by atoms with Crippen molar-refractivity contribution in [2.45, 2.75) is 0 Å². The number of primary amides is 1. The smallest absolute Gasteiger partial charge is 0.276 e. The molecule has 0 fully saturated rings. The number of amides is 2. The van der Waals surface area contributed by atoms with Gasteiger partial charge < -0.3 is 11.1 Å². The first-order valence-electron chi connectivity index (χ1n) is 5.48. The maximum Gasteiger partial charge on any atom is 0.276 e. The quantitative estimate of drug-likeness (QED) is 0.902. The second-order valence-corrected chi connectivity index (χ2v) is 4.26. The molecule has 0 aliphatic carbocycles. The van der Waals surface area contributed by atoms with E-state index >= 15 is 0 Å². The van der Waals surface area contributed by atoms with Crippen LogP contribution in [0.5, 0.6) is 0 Å². The summed E-state index contributed by atoms with van der Waals surface area (Å²) in [4.78, 5) is 22.8.